The molecule has 0 atom stereocenters. The van der Waals surface area contributed by atoms with Gasteiger partial charge in [0.25, 0.3) is 0 Å². The zero-order chi connectivity index (χ0) is 18.6. The molecule has 7 heteroatoms. The van der Waals surface area contributed by atoms with Crippen molar-refractivity contribution in [2.24, 2.45) is 0 Å². The predicted molar refractivity (Wildman–Crippen MR) is 96.0 cm³/mol. The molecule has 0 unspecified atom stereocenters. The van der Waals surface area contributed by atoms with E-state index in [2.05, 4.69) is 15.9 Å². The number of methoxy groups -OCH3 is 1. The van der Waals surface area contributed by atoms with Crippen LogP contribution in [0.2, 0.25) is 0 Å². The van der Waals surface area contributed by atoms with Gasteiger partial charge in [0.1, 0.15) is 11.6 Å². The molecule has 0 spiro atoms. The molecule has 25 heavy (non-hydrogen) atoms. The number of halogens is 2. The minimum Gasteiger partial charge on any atom is -0.496 e. The van der Waals surface area contributed by atoms with Crippen LogP contribution < -0.4 is 9.64 Å². The SMILES string of the molecule is COc1ccc(C(=O)COC(=O)c2ccc(N(C)C)cc2F)cc1Br. The summed E-state index contributed by atoms with van der Waals surface area (Å²) in [5.41, 5.74) is 0.756. The smallest absolute Gasteiger partial charge is 0.341 e. The number of ether oxygens (including phenoxy) is 2. The van der Waals surface area contributed by atoms with E-state index in [9.17, 15) is 14.0 Å². The third-order valence-electron chi connectivity index (χ3n) is 3.50. The zero-order valence-electron chi connectivity index (χ0n) is 14.0. The number of hydrogen-bond acceptors (Lipinski definition) is 5. The van der Waals surface area contributed by atoms with Crippen molar-refractivity contribution in [3.8, 4) is 5.75 Å². The molecule has 5 nitrogen and oxygen atoms in total. The van der Waals surface area contributed by atoms with E-state index in [-0.39, 0.29) is 5.56 Å². The Morgan fingerprint density at radius 1 is 1.16 bits per heavy atom. The summed E-state index contributed by atoms with van der Waals surface area (Å²) in [4.78, 5) is 25.8. The summed E-state index contributed by atoms with van der Waals surface area (Å²) in [6.45, 7) is -0.480. The monoisotopic (exact) mass is 409 g/mol. The van der Waals surface area contributed by atoms with E-state index in [1.807, 2.05) is 0 Å². The lowest BCUT2D eigenvalue weighted by Gasteiger charge is -2.13. The van der Waals surface area contributed by atoms with E-state index in [1.165, 1.54) is 19.2 Å². The second-order valence-corrected chi connectivity index (χ2v) is 6.26. The van der Waals surface area contributed by atoms with Crippen molar-refractivity contribution in [1.82, 2.24) is 0 Å². The highest BCUT2D eigenvalue weighted by molar-refractivity contribution is 9.10. The first-order chi connectivity index (χ1) is 11.8. The fourth-order valence-corrected chi connectivity index (χ4v) is 2.62. The molecule has 2 rings (SSSR count). The number of hydrogen-bond donors (Lipinski definition) is 0. The Hall–Kier alpha value is -2.41. The van der Waals surface area contributed by atoms with Crippen molar-refractivity contribution in [2.45, 2.75) is 0 Å². The van der Waals surface area contributed by atoms with Gasteiger partial charge in [-0.25, -0.2) is 9.18 Å². The molecule has 0 aliphatic carbocycles. The Kier molecular flexibility index (Phi) is 6.14. The first-order valence-corrected chi connectivity index (χ1v) is 8.13. The van der Waals surface area contributed by atoms with Crippen LogP contribution in [0.25, 0.3) is 0 Å². The van der Waals surface area contributed by atoms with Crippen LogP contribution in [-0.4, -0.2) is 39.6 Å². The molecule has 0 radical (unpaired) electrons. The van der Waals surface area contributed by atoms with Crippen molar-refractivity contribution < 1.29 is 23.5 Å². The number of nitrogens with zero attached hydrogens (tertiary/aromatic N) is 1. The lowest BCUT2D eigenvalue weighted by Crippen LogP contribution is -2.16. The molecule has 0 amide bonds. The number of esters is 1. The molecule has 0 saturated heterocycles. The van der Waals surface area contributed by atoms with Crippen molar-refractivity contribution in [3.63, 3.8) is 0 Å². The van der Waals surface area contributed by atoms with Gasteiger partial charge in [0.15, 0.2) is 12.4 Å². The van der Waals surface area contributed by atoms with Gasteiger partial charge in [-0.2, -0.15) is 0 Å². The van der Waals surface area contributed by atoms with Gasteiger partial charge in [-0.15, -0.1) is 0 Å². The highest BCUT2D eigenvalue weighted by Gasteiger charge is 2.17. The maximum Gasteiger partial charge on any atom is 0.341 e. The molecule has 2 aromatic rings. The molecule has 0 aromatic heterocycles. The van der Waals surface area contributed by atoms with Crippen molar-refractivity contribution >= 4 is 33.4 Å². The number of Topliss-reactive ketones (excluding diaryl/α,β-unsaturated/α-hetero) is 1. The molecular formula is C18H17BrFNO4. The van der Waals surface area contributed by atoms with Gasteiger partial charge < -0.3 is 14.4 Å². The van der Waals surface area contributed by atoms with Crippen LogP contribution in [-0.2, 0) is 4.74 Å². The Bertz CT molecular complexity index is 808. The number of benzene rings is 2. The third-order valence-corrected chi connectivity index (χ3v) is 4.12. The largest absolute Gasteiger partial charge is 0.496 e. The van der Waals surface area contributed by atoms with Crippen LogP contribution in [0.3, 0.4) is 0 Å². The number of ketones is 1. The Morgan fingerprint density at radius 3 is 2.44 bits per heavy atom. The van der Waals surface area contributed by atoms with Gasteiger partial charge in [-0.05, 0) is 52.3 Å². The number of anilines is 1. The lowest BCUT2D eigenvalue weighted by molar-refractivity contribution is 0.0470. The van der Waals surface area contributed by atoms with Crippen LogP contribution in [0.1, 0.15) is 20.7 Å². The Morgan fingerprint density at radius 2 is 1.88 bits per heavy atom. The molecule has 0 saturated carbocycles. The fraction of sp³-hybridized carbons (Fsp3) is 0.222. The van der Waals surface area contributed by atoms with Crippen molar-refractivity contribution in [3.05, 3.63) is 57.8 Å². The number of carbonyl (C=O) groups is 2. The molecule has 2 aromatic carbocycles. The third kappa shape index (κ3) is 4.57. The average Bonchev–Trinajstić information content (AvgIpc) is 2.59. The van der Waals surface area contributed by atoms with E-state index in [0.29, 0.717) is 21.5 Å². The zero-order valence-corrected chi connectivity index (χ0v) is 15.6. The molecule has 0 fully saturated rings. The molecule has 0 N–H and O–H groups in total. The Balaban J connectivity index is 2.04. The minimum absolute atomic E-state index is 0.214. The molecule has 0 aliphatic rings. The van der Waals surface area contributed by atoms with Crippen molar-refractivity contribution in [1.29, 1.82) is 0 Å². The summed E-state index contributed by atoms with van der Waals surface area (Å²) in [6.07, 6.45) is 0. The second kappa shape index (κ2) is 8.11. The van der Waals surface area contributed by atoms with Crippen LogP contribution in [0.5, 0.6) is 5.75 Å². The fourth-order valence-electron chi connectivity index (χ4n) is 2.08. The van der Waals surface area contributed by atoms with Crippen molar-refractivity contribution in [2.75, 3.05) is 32.7 Å². The predicted octanol–water partition coefficient (Wildman–Crippen LogP) is 3.70. The number of rotatable bonds is 6. The second-order valence-electron chi connectivity index (χ2n) is 5.41. The summed E-state index contributed by atoms with van der Waals surface area (Å²) in [5, 5.41) is 0. The molecule has 0 aliphatic heterocycles. The topological polar surface area (TPSA) is 55.8 Å². The van der Waals surface area contributed by atoms with E-state index in [0.717, 1.165) is 0 Å². The number of carbonyl (C=O) groups excluding carboxylic acids is 2. The summed E-state index contributed by atoms with van der Waals surface area (Å²) in [6, 6.07) is 8.93. The van der Waals surface area contributed by atoms with Crippen LogP contribution in [0.15, 0.2) is 40.9 Å². The van der Waals surface area contributed by atoms with Crippen LogP contribution >= 0.6 is 15.9 Å². The van der Waals surface area contributed by atoms with E-state index >= 15 is 0 Å². The van der Waals surface area contributed by atoms with Gasteiger partial charge in [0.05, 0.1) is 17.1 Å². The first kappa shape index (κ1) is 18.9. The maximum absolute atomic E-state index is 14.0. The van der Waals surface area contributed by atoms with Crippen LogP contribution in [0, 0.1) is 5.82 Å². The summed E-state index contributed by atoms with van der Waals surface area (Å²) >= 11 is 3.28. The highest BCUT2D eigenvalue weighted by Crippen LogP contribution is 2.25. The minimum atomic E-state index is -0.885. The summed E-state index contributed by atoms with van der Waals surface area (Å²) < 4.78 is 24.6. The molecule has 0 bridgehead atoms. The maximum atomic E-state index is 14.0. The molecule has 0 heterocycles. The Labute approximate surface area is 153 Å². The average molecular weight is 410 g/mol. The molecule has 132 valence electrons. The van der Waals surface area contributed by atoms with Gasteiger partial charge in [0, 0.05) is 25.3 Å². The first-order valence-electron chi connectivity index (χ1n) is 7.34. The summed E-state index contributed by atoms with van der Waals surface area (Å²) in [7, 11) is 5.04. The van der Waals surface area contributed by atoms with Crippen LogP contribution in [0.4, 0.5) is 10.1 Å². The standard InChI is InChI=1S/C18H17BrFNO4/c1-21(2)12-5-6-13(15(20)9-12)18(23)25-10-16(22)11-4-7-17(24-3)14(19)8-11/h4-9H,10H2,1-3H3. The van der Waals surface area contributed by atoms with Gasteiger partial charge in [0.2, 0.25) is 0 Å². The van der Waals surface area contributed by atoms with E-state index in [1.54, 1.807) is 43.3 Å². The normalized spacial score (nSPS) is 10.3. The quantitative estimate of drug-likeness (QED) is 0.537. The van der Waals surface area contributed by atoms with Gasteiger partial charge in [-0.3, -0.25) is 4.79 Å². The highest BCUT2D eigenvalue weighted by atomic mass is 79.9. The van der Waals surface area contributed by atoms with E-state index in [4.69, 9.17) is 9.47 Å². The summed E-state index contributed by atoms with van der Waals surface area (Å²) in [5.74, 6) is -1.40. The lowest BCUT2D eigenvalue weighted by atomic mass is 10.1. The molecular weight excluding hydrogens is 393 g/mol. The van der Waals surface area contributed by atoms with E-state index < -0.39 is 24.2 Å². The van der Waals surface area contributed by atoms with Gasteiger partial charge >= 0.3 is 5.97 Å². The van der Waals surface area contributed by atoms with Gasteiger partial charge in [-0.1, -0.05) is 0 Å².